The molecule has 0 unspecified atom stereocenters. The summed E-state index contributed by atoms with van der Waals surface area (Å²) in [5.41, 5.74) is 1.11. The quantitative estimate of drug-likeness (QED) is 0.863. The van der Waals surface area contributed by atoms with E-state index in [2.05, 4.69) is 26.6 Å². The molecule has 5 heteroatoms. The van der Waals surface area contributed by atoms with Crippen molar-refractivity contribution in [3.63, 3.8) is 0 Å². The Morgan fingerprint density at radius 2 is 2.38 bits per heavy atom. The molecule has 1 aromatic rings. The number of hydrogen-bond donors (Lipinski definition) is 2. The van der Waals surface area contributed by atoms with Gasteiger partial charge in [-0.1, -0.05) is 0 Å². The number of carbonyl (C=O) groups excluding carboxylic acids is 1. The zero-order valence-electron chi connectivity index (χ0n) is 7.26. The molecule has 0 fully saturated rings. The first-order chi connectivity index (χ1) is 6.22. The van der Waals surface area contributed by atoms with Crippen LogP contribution >= 0.6 is 27.3 Å². The van der Waals surface area contributed by atoms with Crippen LogP contribution < -0.4 is 10.6 Å². The van der Waals surface area contributed by atoms with Gasteiger partial charge in [-0.2, -0.15) is 0 Å². The largest absolute Gasteiger partial charge is 0.338 e. The van der Waals surface area contributed by atoms with Crippen molar-refractivity contribution in [3.8, 4) is 0 Å². The molecule has 0 radical (unpaired) electrons. The molecule has 0 aliphatic heterocycles. The fraction of sp³-hybridized carbons (Fsp3) is 0.375. The van der Waals surface area contributed by atoms with Crippen molar-refractivity contribution in [3.05, 3.63) is 20.8 Å². The normalized spacial score (nSPS) is 9.69. The van der Waals surface area contributed by atoms with Crippen LogP contribution in [0.1, 0.15) is 12.5 Å². The molecule has 13 heavy (non-hydrogen) atoms. The number of carbonyl (C=O) groups is 1. The van der Waals surface area contributed by atoms with Crippen molar-refractivity contribution in [2.45, 2.75) is 13.5 Å². The van der Waals surface area contributed by atoms with Gasteiger partial charge in [-0.25, -0.2) is 4.79 Å². The molecular formula is C8H11BrN2OS. The summed E-state index contributed by atoms with van der Waals surface area (Å²) < 4.78 is 1.08. The van der Waals surface area contributed by atoms with Gasteiger partial charge in [0.05, 0.1) is 3.79 Å². The first kappa shape index (κ1) is 10.5. The van der Waals surface area contributed by atoms with Gasteiger partial charge < -0.3 is 10.6 Å². The molecule has 1 rings (SSSR count). The van der Waals surface area contributed by atoms with Crippen molar-refractivity contribution < 1.29 is 4.79 Å². The summed E-state index contributed by atoms with van der Waals surface area (Å²) in [6.45, 7) is 3.12. The summed E-state index contributed by atoms with van der Waals surface area (Å²) in [6, 6.07) is 1.88. The summed E-state index contributed by atoms with van der Waals surface area (Å²) in [5.74, 6) is 0. The average molecular weight is 263 g/mol. The van der Waals surface area contributed by atoms with Gasteiger partial charge in [-0.3, -0.25) is 0 Å². The highest BCUT2D eigenvalue weighted by Crippen LogP contribution is 2.20. The molecule has 0 spiro atoms. The molecule has 2 N–H and O–H groups in total. The van der Waals surface area contributed by atoms with Gasteiger partial charge in [0.2, 0.25) is 0 Å². The fourth-order valence-electron chi connectivity index (χ4n) is 0.844. The summed E-state index contributed by atoms with van der Waals surface area (Å²) in [4.78, 5) is 11.0. The monoisotopic (exact) mass is 262 g/mol. The first-order valence-electron chi connectivity index (χ1n) is 3.97. The maximum absolute atomic E-state index is 11.0. The number of urea groups is 1. The van der Waals surface area contributed by atoms with Crippen LogP contribution in [0.2, 0.25) is 0 Å². The van der Waals surface area contributed by atoms with Crippen LogP contribution in [0.4, 0.5) is 4.79 Å². The van der Waals surface area contributed by atoms with Gasteiger partial charge in [-0.15, -0.1) is 11.3 Å². The van der Waals surface area contributed by atoms with Crippen molar-refractivity contribution in [1.82, 2.24) is 10.6 Å². The Bertz CT molecular complexity index is 287. The van der Waals surface area contributed by atoms with Crippen LogP contribution in [0.5, 0.6) is 0 Å². The van der Waals surface area contributed by atoms with E-state index in [0.717, 1.165) is 9.35 Å². The van der Waals surface area contributed by atoms with Gasteiger partial charge in [0, 0.05) is 13.1 Å². The fourth-order valence-corrected chi connectivity index (χ4v) is 2.05. The average Bonchev–Trinajstić information content (AvgIpc) is 2.49. The van der Waals surface area contributed by atoms with E-state index in [0.29, 0.717) is 13.1 Å². The van der Waals surface area contributed by atoms with Crippen molar-refractivity contribution in [2.75, 3.05) is 6.54 Å². The minimum atomic E-state index is -0.121. The number of amides is 2. The molecule has 0 aliphatic carbocycles. The zero-order chi connectivity index (χ0) is 9.68. The smallest absolute Gasteiger partial charge is 0.315 e. The number of rotatable bonds is 3. The Morgan fingerprint density at radius 3 is 2.92 bits per heavy atom. The lowest BCUT2D eigenvalue weighted by Gasteiger charge is -2.03. The summed E-state index contributed by atoms with van der Waals surface area (Å²) in [7, 11) is 0. The third-order valence-corrected chi connectivity index (χ3v) is 2.97. The lowest BCUT2D eigenvalue weighted by molar-refractivity contribution is 0.241. The standard InChI is InChI=1S/C8H11BrN2OS/c1-2-10-8(12)11-4-6-3-7(9)13-5-6/h3,5H,2,4H2,1H3,(H2,10,11,12). The number of hydrogen-bond acceptors (Lipinski definition) is 2. The van der Waals surface area contributed by atoms with Crippen LogP contribution in [0.25, 0.3) is 0 Å². The predicted molar refractivity (Wildman–Crippen MR) is 57.9 cm³/mol. The third kappa shape index (κ3) is 3.78. The zero-order valence-corrected chi connectivity index (χ0v) is 9.67. The Labute approximate surface area is 89.7 Å². The van der Waals surface area contributed by atoms with E-state index in [1.807, 2.05) is 18.4 Å². The molecule has 1 heterocycles. The summed E-state index contributed by atoms with van der Waals surface area (Å²) in [6.07, 6.45) is 0. The molecular weight excluding hydrogens is 252 g/mol. The van der Waals surface area contributed by atoms with Crippen molar-refractivity contribution in [2.24, 2.45) is 0 Å². The van der Waals surface area contributed by atoms with Crippen LogP contribution in [0.3, 0.4) is 0 Å². The van der Waals surface area contributed by atoms with E-state index in [9.17, 15) is 4.79 Å². The van der Waals surface area contributed by atoms with E-state index in [4.69, 9.17) is 0 Å². The molecule has 3 nitrogen and oxygen atoms in total. The van der Waals surface area contributed by atoms with E-state index in [-0.39, 0.29) is 6.03 Å². The minimum absolute atomic E-state index is 0.121. The van der Waals surface area contributed by atoms with Gasteiger partial charge in [-0.05, 0) is 39.9 Å². The van der Waals surface area contributed by atoms with E-state index >= 15 is 0 Å². The van der Waals surface area contributed by atoms with Gasteiger partial charge in [0.15, 0.2) is 0 Å². The maximum atomic E-state index is 11.0. The van der Waals surface area contributed by atoms with Gasteiger partial charge in [0.25, 0.3) is 0 Å². The molecule has 0 aliphatic rings. The molecule has 0 saturated carbocycles. The minimum Gasteiger partial charge on any atom is -0.338 e. The molecule has 2 amide bonds. The highest BCUT2D eigenvalue weighted by Gasteiger charge is 1.99. The second-order valence-electron chi connectivity index (χ2n) is 2.47. The second kappa shape index (κ2) is 5.24. The highest BCUT2D eigenvalue weighted by atomic mass is 79.9. The lowest BCUT2D eigenvalue weighted by Crippen LogP contribution is -2.34. The summed E-state index contributed by atoms with van der Waals surface area (Å²) >= 11 is 4.97. The number of halogens is 1. The third-order valence-electron chi connectivity index (χ3n) is 1.41. The Kier molecular flexibility index (Phi) is 4.24. The van der Waals surface area contributed by atoms with E-state index in [1.54, 1.807) is 11.3 Å². The van der Waals surface area contributed by atoms with Gasteiger partial charge >= 0.3 is 6.03 Å². The molecule has 0 aromatic carbocycles. The number of nitrogens with one attached hydrogen (secondary N) is 2. The highest BCUT2D eigenvalue weighted by molar-refractivity contribution is 9.11. The Hall–Kier alpha value is -0.550. The molecule has 0 bridgehead atoms. The van der Waals surface area contributed by atoms with Crippen LogP contribution in [-0.4, -0.2) is 12.6 Å². The summed E-state index contributed by atoms with van der Waals surface area (Å²) in [5, 5.41) is 7.42. The molecule has 1 aromatic heterocycles. The maximum Gasteiger partial charge on any atom is 0.315 e. The SMILES string of the molecule is CCNC(=O)NCc1csc(Br)c1. The Balaban J connectivity index is 2.30. The predicted octanol–water partition coefficient (Wildman–Crippen LogP) is 2.33. The van der Waals surface area contributed by atoms with Crippen molar-refractivity contribution in [1.29, 1.82) is 0 Å². The lowest BCUT2D eigenvalue weighted by atomic mass is 10.3. The molecule has 0 saturated heterocycles. The van der Waals surface area contributed by atoms with Gasteiger partial charge in [0.1, 0.15) is 0 Å². The topological polar surface area (TPSA) is 41.1 Å². The van der Waals surface area contributed by atoms with Crippen molar-refractivity contribution >= 4 is 33.3 Å². The van der Waals surface area contributed by atoms with Crippen LogP contribution in [0.15, 0.2) is 15.2 Å². The molecule has 0 atom stereocenters. The van der Waals surface area contributed by atoms with E-state index in [1.165, 1.54) is 0 Å². The molecule has 72 valence electrons. The van der Waals surface area contributed by atoms with E-state index < -0.39 is 0 Å². The Morgan fingerprint density at radius 1 is 1.62 bits per heavy atom. The second-order valence-corrected chi connectivity index (χ2v) is 4.76. The number of thiophene rings is 1. The van der Waals surface area contributed by atoms with Crippen LogP contribution in [0, 0.1) is 0 Å². The van der Waals surface area contributed by atoms with Crippen LogP contribution in [-0.2, 0) is 6.54 Å². The first-order valence-corrected chi connectivity index (χ1v) is 5.64.